The second-order valence-corrected chi connectivity index (χ2v) is 28.5. The quantitative estimate of drug-likeness (QED) is 0.118. The average Bonchev–Trinajstić information content (AvgIpc) is 3.81. The van der Waals surface area contributed by atoms with Crippen LogP contribution >= 0.6 is 0 Å². The summed E-state index contributed by atoms with van der Waals surface area (Å²) in [6.45, 7) is 13.4. The van der Waals surface area contributed by atoms with E-state index >= 15 is 0 Å². The zero-order valence-corrected chi connectivity index (χ0v) is 40.5. The van der Waals surface area contributed by atoms with E-state index in [1.165, 1.54) is 11.1 Å². The van der Waals surface area contributed by atoms with Crippen molar-refractivity contribution >= 4 is 50.8 Å². The van der Waals surface area contributed by atoms with Gasteiger partial charge < -0.3 is 8.98 Å². The van der Waals surface area contributed by atoms with Crippen molar-refractivity contribution in [2.45, 2.75) is 70.6 Å². The number of imidazole rings is 1. The number of para-hydroxylation sites is 2. The maximum Gasteiger partial charge on any atom is 0.216 e. The van der Waals surface area contributed by atoms with Crippen LogP contribution in [0.2, 0.25) is 17.3 Å². The molecule has 9 aromatic rings. The Labute approximate surface area is 371 Å². The number of rotatable bonds is 7. The summed E-state index contributed by atoms with van der Waals surface area (Å²) in [6, 6.07) is 48.9. The van der Waals surface area contributed by atoms with Gasteiger partial charge in [-0.25, -0.2) is 4.98 Å². The topological polar surface area (TPSA) is 56.7 Å². The fourth-order valence-electron chi connectivity index (χ4n) is 7.95. The summed E-state index contributed by atoms with van der Waals surface area (Å²) in [5, 5.41) is 2.05. The first-order chi connectivity index (χ1) is 28.3. The summed E-state index contributed by atoms with van der Waals surface area (Å²) in [7, 11) is 0. The molecule has 4 aromatic heterocycles. The molecule has 1 radical (unpaired) electrons. The van der Waals surface area contributed by atoms with E-state index in [1.54, 1.807) is 10.6 Å². The molecule has 0 bridgehead atoms. The van der Waals surface area contributed by atoms with Crippen LogP contribution in [0.3, 0.4) is 0 Å². The monoisotopic (exact) mass is 1030 g/mol. The average molecular weight is 1030 g/mol. The van der Waals surface area contributed by atoms with E-state index in [1.807, 2.05) is 36.4 Å². The van der Waals surface area contributed by atoms with Gasteiger partial charge in [0.15, 0.2) is 0 Å². The van der Waals surface area contributed by atoms with Gasteiger partial charge in [-0.2, -0.15) is 0 Å². The summed E-state index contributed by atoms with van der Waals surface area (Å²) in [5.41, 5.74) is 13.6. The minimum Gasteiger partial charge on any atom is -0.486 e. The number of benzene rings is 5. The number of aromatic nitrogens is 4. The Hall–Kier alpha value is -5.14. The van der Waals surface area contributed by atoms with Crippen molar-refractivity contribution in [3.63, 3.8) is 0 Å². The minimum absolute atomic E-state index is 0. The van der Waals surface area contributed by atoms with Crippen LogP contribution in [0.15, 0.2) is 138 Å². The van der Waals surface area contributed by atoms with Crippen molar-refractivity contribution in [3.05, 3.63) is 163 Å². The van der Waals surface area contributed by atoms with Crippen molar-refractivity contribution in [2.24, 2.45) is 5.92 Å². The molecule has 0 aliphatic carbocycles. The van der Waals surface area contributed by atoms with Crippen LogP contribution in [0.5, 0.6) is 0 Å². The fraction of sp³-hybridized carbons (Fsp3) is 0.226. The maximum absolute atomic E-state index is 6.39. The van der Waals surface area contributed by atoms with Gasteiger partial charge in [0.25, 0.3) is 0 Å². The van der Waals surface area contributed by atoms with Gasteiger partial charge in [-0.1, -0.05) is 87.2 Å². The van der Waals surface area contributed by atoms with Crippen LogP contribution in [0.1, 0.15) is 51.3 Å². The molecule has 0 amide bonds. The largest absolute Gasteiger partial charge is 0.486 e. The number of nitrogens with zero attached hydrogens (tertiary/aromatic N) is 4. The molecule has 0 spiro atoms. The van der Waals surface area contributed by atoms with Gasteiger partial charge in [0.1, 0.15) is 0 Å². The first-order valence-electron chi connectivity index (χ1n) is 20.6. The second-order valence-electron chi connectivity index (χ2n) is 18.0. The maximum atomic E-state index is 6.39. The molecule has 0 atom stereocenters. The number of furan rings is 1. The Morgan fingerprint density at radius 2 is 1.57 bits per heavy atom. The van der Waals surface area contributed by atoms with Crippen molar-refractivity contribution in [3.8, 4) is 39.5 Å². The number of fused-ring (bicyclic) bond motifs is 4. The molecule has 0 aliphatic heterocycles. The smallest absolute Gasteiger partial charge is 0.216 e. The second kappa shape index (κ2) is 17.5. The van der Waals surface area contributed by atoms with E-state index in [0.717, 1.165) is 78.8 Å². The fourth-order valence-corrected chi connectivity index (χ4v) is 11.3. The minimum atomic E-state index is -1.86. The Morgan fingerprint density at radius 1 is 0.817 bits per heavy atom. The van der Waals surface area contributed by atoms with E-state index in [2.05, 4.69) is 172 Å². The van der Waals surface area contributed by atoms with Crippen LogP contribution in [0.4, 0.5) is 0 Å². The van der Waals surface area contributed by atoms with Gasteiger partial charge in [-0.15, -0.1) is 17.7 Å². The Balaban J connectivity index is 0.000000220. The van der Waals surface area contributed by atoms with Crippen molar-refractivity contribution in [2.75, 3.05) is 0 Å². The molecule has 5 nitrogen and oxygen atoms in total. The van der Waals surface area contributed by atoms with E-state index < -0.39 is 13.3 Å². The van der Waals surface area contributed by atoms with Gasteiger partial charge in [0.2, 0.25) is 5.71 Å². The van der Waals surface area contributed by atoms with Crippen LogP contribution in [-0.4, -0.2) is 32.8 Å². The van der Waals surface area contributed by atoms with Crippen LogP contribution in [0, 0.1) is 25.0 Å². The molecular weight excluding hydrogens is 973 g/mol. The predicted molar refractivity (Wildman–Crippen MR) is 249 cm³/mol. The number of hydrogen-bond donors (Lipinski definition) is 0. The SMILES string of the molecule is CC(C)Cc1cc(-c2[c-]cccc2)nc[c]1[Ge]([CH3])([CH3])[CH3].Cc1c[c-]c(-c2nc3ccccc3n2-c2ccc(C(C)(C)C)cc2-c2ccccc2)c2oc3ncccc3c12.[Ir]. The van der Waals surface area contributed by atoms with Crippen molar-refractivity contribution < 1.29 is 24.5 Å². The number of hydrogen-bond acceptors (Lipinski definition) is 4. The summed E-state index contributed by atoms with van der Waals surface area (Å²) in [6.07, 6.45) is 5.04. The third kappa shape index (κ3) is 8.70. The van der Waals surface area contributed by atoms with Gasteiger partial charge in [-0.3, -0.25) is 4.98 Å². The van der Waals surface area contributed by atoms with Crippen molar-refractivity contribution in [1.29, 1.82) is 0 Å². The van der Waals surface area contributed by atoms with E-state index in [4.69, 9.17) is 14.4 Å². The standard InChI is InChI=1S/C35H28N3O.C18H24GeN.Ir/c1-22-16-18-26(32-31(22)25-13-10-20-36-34(25)39-32)33-37-28-14-8-9-15-30(28)38(33)29-19-17-24(35(2,3)4)21-27(29)23-11-6-5-7-12-23;1-14(2)11-16-12-18(15-9-7-6-8-10-15)20-13-17(16)19(3,4)5;/h5-17,19-21H,1-4H3;6-9,12-14H,11H2,1-5H3;/q2*-1;. The molecule has 0 fully saturated rings. The van der Waals surface area contributed by atoms with Gasteiger partial charge in [0, 0.05) is 42.9 Å². The first kappa shape index (κ1) is 43.0. The van der Waals surface area contributed by atoms with Gasteiger partial charge in [-0.05, 0) is 52.9 Å². The van der Waals surface area contributed by atoms with Crippen molar-refractivity contribution in [1.82, 2.24) is 19.5 Å². The summed E-state index contributed by atoms with van der Waals surface area (Å²) in [5.74, 6) is 8.79. The molecule has 0 saturated heterocycles. The van der Waals surface area contributed by atoms with E-state index in [0.29, 0.717) is 11.6 Å². The molecule has 0 N–H and O–H groups in total. The van der Waals surface area contributed by atoms with Crippen LogP contribution in [-0.2, 0) is 31.9 Å². The zero-order valence-electron chi connectivity index (χ0n) is 36.0. The Bertz CT molecular complexity index is 2920. The third-order valence-electron chi connectivity index (χ3n) is 10.9. The summed E-state index contributed by atoms with van der Waals surface area (Å²) < 4.78 is 10.2. The van der Waals surface area contributed by atoms with E-state index in [9.17, 15) is 0 Å². The summed E-state index contributed by atoms with van der Waals surface area (Å²) in [4.78, 5) is 14.4. The molecule has 0 aliphatic rings. The van der Waals surface area contributed by atoms with Gasteiger partial charge in [0.05, 0.1) is 22.4 Å². The molecule has 9 rings (SSSR count). The Morgan fingerprint density at radius 3 is 2.28 bits per heavy atom. The molecule has 305 valence electrons. The predicted octanol–water partition coefficient (Wildman–Crippen LogP) is 13.3. The summed E-state index contributed by atoms with van der Waals surface area (Å²) >= 11 is -1.86. The molecule has 4 heterocycles. The van der Waals surface area contributed by atoms with Crippen LogP contribution < -0.4 is 4.40 Å². The third-order valence-corrected chi connectivity index (χ3v) is 15.2. The molecular formula is C53H52GeIrN4O-2. The molecule has 7 heteroatoms. The van der Waals surface area contributed by atoms with E-state index in [-0.39, 0.29) is 25.5 Å². The molecule has 0 saturated carbocycles. The molecule has 60 heavy (non-hydrogen) atoms. The normalized spacial score (nSPS) is 11.8. The zero-order chi connectivity index (χ0) is 41.5. The van der Waals surface area contributed by atoms with Crippen LogP contribution in [0.25, 0.3) is 72.6 Å². The molecule has 0 unspecified atom stereocenters. The number of pyridine rings is 2. The van der Waals surface area contributed by atoms with Gasteiger partial charge >= 0.3 is 126 Å². The number of aryl methyl sites for hydroxylation is 1. The molecule has 5 aromatic carbocycles. The Kier molecular flexibility index (Phi) is 12.5. The first-order valence-corrected chi connectivity index (χ1v) is 28.0.